The second-order valence-corrected chi connectivity index (χ2v) is 5.53. The van der Waals surface area contributed by atoms with Gasteiger partial charge in [-0.1, -0.05) is 36.7 Å². The zero-order valence-electron chi connectivity index (χ0n) is 12.0. The lowest BCUT2D eigenvalue weighted by molar-refractivity contribution is 0.515. The third-order valence-electron chi connectivity index (χ3n) is 3.62. The summed E-state index contributed by atoms with van der Waals surface area (Å²) >= 11 is 5.94. The highest BCUT2D eigenvalue weighted by Crippen LogP contribution is 2.19. The second kappa shape index (κ2) is 6.29. The minimum atomic E-state index is 0.312. The van der Waals surface area contributed by atoms with Crippen molar-refractivity contribution in [1.29, 1.82) is 0 Å². The molecule has 0 aliphatic heterocycles. The number of benzene rings is 1. The summed E-state index contributed by atoms with van der Waals surface area (Å²) < 4.78 is 2.04. The van der Waals surface area contributed by atoms with Gasteiger partial charge in [-0.15, -0.1) is 0 Å². The standard InChI is InChI=1S/C17H18ClN3/c1-2-16(13-6-8-14(18)9-7-13)19-11-15-12-21-10-4-3-5-17(21)20-15/h3-10,12,16,19H,2,11H2,1H3. The molecule has 0 bridgehead atoms. The van der Waals surface area contributed by atoms with E-state index in [9.17, 15) is 0 Å². The van der Waals surface area contributed by atoms with E-state index in [0.717, 1.165) is 29.3 Å². The van der Waals surface area contributed by atoms with Crippen LogP contribution in [0.4, 0.5) is 0 Å². The van der Waals surface area contributed by atoms with Crippen LogP contribution in [0.1, 0.15) is 30.6 Å². The van der Waals surface area contributed by atoms with Gasteiger partial charge in [0.2, 0.25) is 0 Å². The average Bonchev–Trinajstić information content (AvgIpc) is 2.92. The van der Waals surface area contributed by atoms with E-state index >= 15 is 0 Å². The SMILES string of the molecule is CCC(NCc1cn2ccccc2n1)c1ccc(Cl)cc1. The van der Waals surface area contributed by atoms with Crippen molar-refractivity contribution in [3.05, 3.63) is 71.1 Å². The van der Waals surface area contributed by atoms with Gasteiger partial charge in [0.1, 0.15) is 5.65 Å². The van der Waals surface area contributed by atoms with Crippen molar-refractivity contribution in [3.63, 3.8) is 0 Å². The van der Waals surface area contributed by atoms with E-state index < -0.39 is 0 Å². The molecule has 0 saturated carbocycles. The van der Waals surface area contributed by atoms with Gasteiger partial charge in [-0.05, 0) is 36.2 Å². The van der Waals surface area contributed by atoms with Gasteiger partial charge >= 0.3 is 0 Å². The Morgan fingerprint density at radius 3 is 2.71 bits per heavy atom. The Hall–Kier alpha value is -1.84. The highest BCUT2D eigenvalue weighted by atomic mass is 35.5. The topological polar surface area (TPSA) is 29.3 Å². The molecule has 0 aliphatic rings. The minimum absolute atomic E-state index is 0.312. The number of fused-ring (bicyclic) bond motifs is 1. The number of hydrogen-bond donors (Lipinski definition) is 1. The molecule has 3 rings (SSSR count). The lowest BCUT2D eigenvalue weighted by atomic mass is 10.0. The van der Waals surface area contributed by atoms with Gasteiger partial charge in [0.15, 0.2) is 0 Å². The highest BCUT2D eigenvalue weighted by molar-refractivity contribution is 6.30. The van der Waals surface area contributed by atoms with Crippen molar-refractivity contribution in [1.82, 2.24) is 14.7 Å². The largest absolute Gasteiger partial charge is 0.307 e. The Balaban J connectivity index is 1.71. The molecule has 0 aliphatic carbocycles. The minimum Gasteiger partial charge on any atom is -0.307 e. The number of nitrogens with one attached hydrogen (secondary N) is 1. The summed E-state index contributed by atoms with van der Waals surface area (Å²) in [6.07, 6.45) is 5.11. The Morgan fingerprint density at radius 2 is 2.00 bits per heavy atom. The van der Waals surface area contributed by atoms with Gasteiger partial charge in [0.05, 0.1) is 5.69 Å². The predicted molar refractivity (Wildman–Crippen MR) is 86.5 cm³/mol. The fourth-order valence-electron chi connectivity index (χ4n) is 2.49. The summed E-state index contributed by atoms with van der Waals surface area (Å²) in [5.41, 5.74) is 3.29. The number of imidazole rings is 1. The molecule has 0 amide bonds. The highest BCUT2D eigenvalue weighted by Gasteiger charge is 2.09. The maximum atomic E-state index is 5.94. The van der Waals surface area contributed by atoms with Crippen LogP contribution in [0, 0.1) is 0 Å². The van der Waals surface area contributed by atoms with Crippen LogP contribution in [0.2, 0.25) is 5.02 Å². The van der Waals surface area contributed by atoms with E-state index in [0.29, 0.717) is 6.04 Å². The Morgan fingerprint density at radius 1 is 1.19 bits per heavy atom. The third kappa shape index (κ3) is 3.26. The molecule has 21 heavy (non-hydrogen) atoms. The number of nitrogens with zero attached hydrogens (tertiary/aromatic N) is 2. The maximum Gasteiger partial charge on any atom is 0.137 e. The average molecular weight is 300 g/mol. The molecule has 1 N–H and O–H groups in total. The predicted octanol–water partition coefficient (Wildman–Crippen LogP) is 4.23. The summed E-state index contributed by atoms with van der Waals surface area (Å²) in [6.45, 7) is 2.93. The molecule has 1 atom stereocenters. The van der Waals surface area contributed by atoms with E-state index in [1.807, 2.05) is 40.9 Å². The Kier molecular flexibility index (Phi) is 4.23. The van der Waals surface area contributed by atoms with Crippen LogP contribution in [0.3, 0.4) is 0 Å². The lowest BCUT2D eigenvalue weighted by Crippen LogP contribution is -2.20. The van der Waals surface area contributed by atoms with Crippen LogP contribution in [0.5, 0.6) is 0 Å². The van der Waals surface area contributed by atoms with E-state index in [-0.39, 0.29) is 0 Å². The van der Waals surface area contributed by atoms with Crippen molar-refractivity contribution in [2.45, 2.75) is 25.9 Å². The molecule has 108 valence electrons. The molecular weight excluding hydrogens is 282 g/mol. The van der Waals surface area contributed by atoms with Crippen LogP contribution in [-0.4, -0.2) is 9.38 Å². The number of halogens is 1. The van der Waals surface area contributed by atoms with Crippen LogP contribution in [-0.2, 0) is 6.54 Å². The molecule has 0 radical (unpaired) electrons. The fourth-order valence-corrected chi connectivity index (χ4v) is 2.62. The van der Waals surface area contributed by atoms with Crippen LogP contribution in [0.25, 0.3) is 5.65 Å². The number of pyridine rings is 1. The van der Waals surface area contributed by atoms with Crippen molar-refractivity contribution >= 4 is 17.2 Å². The molecule has 0 saturated heterocycles. The summed E-state index contributed by atoms with van der Waals surface area (Å²) in [7, 11) is 0. The molecule has 1 aromatic carbocycles. The first kappa shape index (κ1) is 14.1. The Bertz CT molecular complexity index is 685. The number of rotatable bonds is 5. The summed E-state index contributed by atoms with van der Waals surface area (Å²) in [6, 6.07) is 14.4. The quantitative estimate of drug-likeness (QED) is 0.764. The molecule has 4 heteroatoms. The van der Waals surface area contributed by atoms with Gasteiger partial charge in [-0.25, -0.2) is 4.98 Å². The molecule has 0 spiro atoms. The van der Waals surface area contributed by atoms with Crippen LogP contribution < -0.4 is 5.32 Å². The fraction of sp³-hybridized carbons (Fsp3) is 0.235. The van der Waals surface area contributed by atoms with Crippen molar-refractivity contribution in [2.24, 2.45) is 0 Å². The first-order valence-electron chi connectivity index (χ1n) is 7.17. The van der Waals surface area contributed by atoms with Gasteiger partial charge in [-0.2, -0.15) is 0 Å². The Labute approximate surface area is 129 Å². The summed E-state index contributed by atoms with van der Waals surface area (Å²) in [5.74, 6) is 0. The van der Waals surface area contributed by atoms with Crippen molar-refractivity contribution < 1.29 is 0 Å². The smallest absolute Gasteiger partial charge is 0.137 e. The third-order valence-corrected chi connectivity index (χ3v) is 3.88. The van der Waals surface area contributed by atoms with Crippen LogP contribution in [0.15, 0.2) is 54.9 Å². The molecule has 0 fully saturated rings. The van der Waals surface area contributed by atoms with Crippen molar-refractivity contribution in [3.8, 4) is 0 Å². The van der Waals surface area contributed by atoms with E-state index in [1.165, 1.54) is 5.56 Å². The molecule has 2 aromatic heterocycles. The van der Waals surface area contributed by atoms with Gasteiger partial charge < -0.3 is 9.72 Å². The van der Waals surface area contributed by atoms with E-state index in [4.69, 9.17) is 11.6 Å². The molecule has 1 unspecified atom stereocenters. The van der Waals surface area contributed by atoms with Gasteiger partial charge in [0, 0.05) is 30.0 Å². The zero-order chi connectivity index (χ0) is 14.7. The molecular formula is C17H18ClN3. The number of hydrogen-bond acceptors (Lipinski definition) is 2. The van der Waals surface area contributed by atoms with Crippen LogP contribution >= 0.6 is 11.6 Å². The number of aromatic nitrogens is 2. The van der Waals surface area contributed by atoms with Gasteiger partial charge in [-0.3, -0.25) is 0 Å². The molecule has 3 aromatic rings. The maximum absolute atomic E-state index is 5.94. The lowest BCUT2D eigenvalue weighted by Gasteiger charge is -2.16. The summed E-state index contributed by atoms with van der Waals surface area (Å²) in [5, 5.41) is 4.34. The normalized spacial score (nSPS) is 12.7. The second-order valence-electron chi connectivity index (χ2n) is 5.09. The van der Waals surface area contributed by atoms with E-state index in [2.05, 4.69) is 35.6 Å². The molecule has 2 heterocycles. The monoisotopic (exact) mass is 299 g/mol. The first-order valence-corrected chi connectivity index (χ1v) is 7.55. The molecule has 3 nitrogen and oxygen atoms in total. The van der Waals surface area contributed by atoms with E-state index in [1.54, 1.807) is 0 Å². The first-order chi connectivity index (χ1) is 10.3. The zero-order valence-corrected chi connectivity index (χ0v) is 12.7. The van der Waals surface area contributed by atoms with Crippen molar-refractivity contribution in [2.75, 3.05) is 0 Å². The summed E-state index contributed by atoms with van der Waals surface area (Å²) in [4.78, 5) is 4.61. The van der Waals surface area contributed by atoms with Gasteiger partial charge in [0.25, 0.3) is 0 Å².